The quantitative estimate of drug-likeness (QED) is 0.805. The van der Waals surface area contributed by atoms with E-state index in [1.807, 2.05) is 13.0 Å². The normalized spacial score (nSPS) is 10.0. The Morgan fingerprint density at radius 1 is 1.11 bits per heavy atom. The Morgan fingerprint density at radius 2 is 1.84 bits per heavy atom. The SMILES string of the molecule is Cc1cc(Nc2cc(C#N)ccc2C)c(N)cc1F. The zero-order chi connectivity index (χ0) is 14.0. The number of nitrogens with one attached hydrogen (secondary N) is 1. The van der Waals surface area contributed by atoms with Gasteiger partial charge < -0.3 is 11.1 Å². The number of hydrogen-bond donors (Lipinski definition) is 2. The van der Waals surface area contributed by atoms with Crippen molar-refractivity contribution in [2.24, 2.45) is 0 Å². The summed E-state index contributed by atoms with van der Waals surface area (Å²) >= 11 is 0. The molecule has 2 aromatic carbocycles. The van der Waals surface area contributed by atoms with Gasteiger partial charge in [-0.2, -0.15) is 5.26 Å². The molecular weight excluding hydrogens is 241 g/mol. The van der Waals surface area contributed by atoms with Crippen molar-refractivity contribution in [1.29, 1.82) is 5.26 Å². The van der Waals surface area contributed by atoms with Gasteiger partial charge in [-0.05, 0) is 49.2 Å². The van der Waals surface area contributed by atoms with Gasteiger partial charge in [-0.15, -0.1) is 0 Å². The van der Waals surface area contributed by atoms with Crippen LogP contribution in [0.25, 0.3) is 0 Å². The van der Waals surface area contributed by atoms with Crippen LogP contribution in [0.3, 0.4) is 0 Å². The van der Waals surface area contributed by atoms with Gasteiger partial charge in [0.1, 0.15) is 5.82 Å². The van der Waals surface area contributed by atoms with Crippen LogP contribution in [-0.2, 0) is 0 Å². The van der Waals surface area contributed by atoms with Crippen LogP contribution in [0.15, 0.2) is 30.3 Å². The van der Waals surface area contributed by atoms with Crippen LogP contribution < -0.4 is 11.1 Å². The summed E-state index contributed by atoms with van der Waals surface area (Å²) in [5, 5.41) is 12.0. The predicted molar refractivity (Wildman–Crippen MR) is 74.7 cm³/mol. The van der Waals surface area contributed by atoms with Crippen LogP contribution in [0.1, 0.15) is 16.7 Å². The van der Waals surface area contributed by atoms with Crippen LogP contribution in [-0.4, -0.2) is 0 Å². The number of nitriles is 1. The number of nitrogens with two attached hydrogens (primary N) is 1. The summed E-state index contributed by atoms with van der Waals surface area (Å²) in [4.78, 5) is 0. The second-order valence-electron chi connectivity index (χ2n) is 4.46. The minimum Gasteiger partial charge on any atom is -0.397 e. The van der Waals surface area contributed by atoms with Gasteiger partial charge in [0.2, 0.25) is 0 Å². The summed E-state index contributed by atoms with van der Waals surface area (Å²) in [6, 6.07) is 10.4. The summed E-state index contributed by atoms with van der Waals surface area (Å²) in [6.07, 6.45) is 0. The highest BCUT2D eigenvalue weighted by Crippen LogP contribution is 2.28. The van der Waals surface area contributed by atoms with Crippen molar-refractivity contribution in [3.63, 3.8) is 0 Å². The molecule has 3 nitrogen and oxygen atoms in total. The zero-order valence-electron chi connectivity index (χ0n) is 10.8. The number of nitrogens with zero attached hydrogens (tertiary/aromatic N) is 1. The maximum Gasteiger partial charge on any atom is 0.128 e. The Bertz CT molecular complexity index is 672. The summed E-state index contributed by atoms with van der Waals surface area (Å²) in [5.41, 5.74) is 9.62. The molecule has 0 saturated carbocycles. The van der Waals surface area contributed by atoms with Crippen molar-refractivity contribution in [1.82, 2.24) is 0 Å². The van der Waals surface area contributed by atoms with Crippen molar-refractivity contribution in [2.75, 3.05) is 11.1 Å². The zero-order valence-corrected chi connectivity index (χ0v) is 10.8. The molecule has 0 saturated heterocycles. The maximum absolute atomic E-state index is 13.3. The molecule has 0 atom stereocenters. The summed E-state index contributed by atoms with van der Waals surface area (Å²) in [5.74, 6) is -0.328. The van der Waals surface area contributed by atoms with Crippen molar-refractivity contribution in [3.05, 3.63) is 52.8 Å². The van der Waals surface area contributed by atoms with Gasteiger partial charge in [0, 0.05) is 5.69 Å². The molecular formula is C15H14FN3. The molecule has 0 unspecified atom stereocenters. The third kappa shape index (κ3) is 2.66. The number of benzene rings is 2. The molecule has 96 valence electrons. The number of anilines is 3. The molecule has 0 aliphatic carbocycles. The van der Waals surface area contributed by atoms with E-state index in [9.17, 15) is 4.39 Å². The summed E-state index contributed by atoms with van der Waals surface area (Å²) in [6.45, 7) is 3.61. The molecule has 0 fully saturated rings. The highest BCUT2D eigenvalue weighted by Gasteiger charge is 2.07. The first-order valence-electron chi connectivity index (χ1n) is 5.84. The molecule has 0 heterocycles. The van der Waals surface area contributed by atoms with E-state index in [4.69, 9.17) is 11.0 Å². The fraction of sp³-hybridized carbons (Fsp3) is 0.133. The second kappa shape index (κ2) is 4.99. The Hall–Kier alpha value is -2.54. The van der Waals surface area contributed by atoms with E-state index in [0.717, 1.165) is 11.3 Å². The van der Waals surface area contributed by atoms with Gasteiger partial charge in [-0.3, -0.25) is 0 Å². The van der Waals surface area contributed by atoms with E-state index in [0.29, 0.717) is 22.5 Å². The molecule has 0 aliphatic rings. The molecule has 0 radical (unpaired) electrons. The third-order valence-electron chi connectivity index (χ3n) is 2.97. The third-order valence-corrected chi connectivity index (χ3v) is 2.97. The first-order valence-corrected chi connectivity index (χ1v) is 5.84. The Kier molecular flexibility index (Phi) is 3.39. The van der Waals surface area contributed by atoms with E-state index < -0.39 is 0 Å². The van der Waals surface area contributed by atoms with Crippen molar-refractivity contribution >= 4 is 17.1 Å². The van der Waals surface area contributed by atoms with E-state index in [2.05, 4.69) is 11.4 Å². The van der Waals surface area contributed by atoms with Gasteiger partial charge in [-0.1, -0.05) is 6.07 Å². The second-order valence-corrected chi connectivity index (χ2v) is 4.46. The van der Waals surface area contributed by atoms with Gasteiger partial charge >= 0.3 is 0 Å². The lowest BCUT2D eigenvalue weighted by atomic mass is 10.1. The van der Waals surface area contributed by atoms with Gasteiger partial charge in [0.15, 0.2) is 0 Å². The summed E-state index contributed by atoms with van der Waals surface area (Å²) < 4.78 is 13.3. The van der Waals surface area contributed by atoms with Gasteiger partial charge in [0.25, 0.3) is 0 Å². The first kappa shape index (κ1) is 12.9. The molecule has 3 N–H and O–H groups in total. The Labute approximate surface area is 111 Å². The van der Waals surface area contributed by atoms with Crippen molar-refractivity contribution in [2.45, 2.75) is 13.8 Å². The highest BCUT2D eigenvalue weighted by atomic mass is 19.1. The lowest BCUT2D eigenvalue weighted by Crippen LogP contribution is -2.00. The molecule has 0 spiro atoms. The molecule has 0 aromatic heterocycles. The standard InChI is InChI=1S/C15H14FN3/c1-9-3-4-11(8-17)6-14(9)19-15-5-10(2)12(16)7-13(15)18/h3-7,19H,18H2,1-2H3. The average Bonchev–Trinajstić information content (AvgIpc) is 2.38. The maximum atomic E-state index is 13.3. The number of hydrogen-bond acceptors (Lipinski definition) is 3. The van der Waals surface area contributed by atoms with E-state index in [-0.39, 0.29) is 5.82 Å². The van der Waals surface area contributed by atoms with Crippen molar-refractivity contribution < 1.29 is 4.39 Å². The molecule has 19 heavy (non-hydrogen) atoms. The molecule has 0 aliphatic heterocycles. The van der Waals surface area contributed by atoms with Crippen LogP contribution in [0, 0.1) is 31.0 Å². The Balaban J connectivity index is 2.42. The predicted octanol–water partition coefficient (Wildman–Crippen LogP) is 3.64. The minimum atomic E-state index is -0.328. The van der Waals surface area contributed by atoms with E-state index in [1.165, 1.54) is 6.07 Å². The molecule has 4 heteroatoms. The largest absolute Gasteiger partial charge is 0.397 e. The van der Waals surface area contributed by atoms with Crippen LogP contribution in [0.5, 0.6) is 0 Å². The molecule has 0 amide bonds. The number of aryl methyl sites for hydroxylation is 2. The smallest absolute Gasteiger partial charge is 0.128 e. The Morgan fingerprint density at radius 3 is 2.53 bits per heavy atom. The van der Waals surface area contributed by atoms with Gasteiger partial charge in [0.05, 0.1) is 23.0 Å². The topological polar surface area (TPSA) is 61.8 Å². The van der Waals surface area contributed by atoms with Crippen LogP contribution in [0.2, 0.25) is 0 Å². The number of nitrogen functional groups attached to an aromatic ring is 1. The minimum absolute atomic E-state index is 0.328. The monoisotopic (exact) mass is 255 g/mol. The van der Waals surface area contributed by atoms with Crippen molar-refractivity contribution in [3.8, 4) is 6.07 Å². The molecule has 0 bridgehead atoms. The lowest BCUT2D eigenvalue weighted by Gasteiger charge is -2.13. The molecule has 2 aromatic rings. The highest BCUT2D eigenvalue weighted by molar-refractivity contribution is 5.75. The van der Waals surface area contributed by atoms with Crippen LogP contribution >= 0.6 is 0 Å². The van der Waals surface area contributed by atoms with E-state index >= 15 is 0 Å². The number of rotatable bonds is 2. The van der Waals surface area contributed by atoms with E-state index in [1.54, 1.807) is 25.1 Å². The van der Waals surface area contributed by atoms with Crippen LogP contribution in [0.4, 0.5) is 21.5 Å². The first-order chi connectivity index (χ1) is 9.01. The number of halogens is 1. The fourth-order valence-electron chi connectivity index (χ4n) is 1.78. The lowest BCUT2D eigenvalue weighted by molar-refractivity contribution is 0.619. The molecule has 2 rings (SSSR count). The average molecular weight is 255 g/mol. The summed E-state index contributed by atoms with van der Waals surface area (Å²) in [7, 11) is 0. The fourth-order valence-corrected chi connectivity index (χ4v) is 1.78. The van der Waals surface area contributed by atoms with Gasteiger partial charge in [-0.25, -0.2) is 4.39 Å².